The van der Waals surface area contributed by atoms with Crippen LogP contribution in [0.2, 0.25) is 0 Å². The standard InChI is InChI=1S/C22H18N4O2S/c23-11-15-4-6-18(7-5-15)25-22(28)20-13-29-14-26(20)21(27)10-16-2-1-3-17-12-24-9-8-19(16)17/h1-9,12,20H,10,13-14H2,(H,25,28). The number of thioether (sulfide) groups is 1. The fourth-order valence-corrected chi connectivity index (χ4v) is 4.55. The van der Waals surface area contributed by atoms with Crippen molar-refractivity contribution in [2.24, 2.45) is 0 Å². The van der Waals surface area contributed by atoms with Crippen molar-refractivity contribution >= 4 is 40.0 Å². The van der Waals surface area contributed by atoms with Crippen molar-refractivity contribution in [1.82, 2.24) is 9.88 Å². The molecule has 1 aliphatic rings. The molecule has 2 amide bonds. The maximum absolute atomic E-state index is 13.0. The van der Waals surface area contributed by atoms with Gasteiger partial charge in [0.1, 0.15) is 6.04 Å². The van der Waals surface area contributed by atoms with Gasteiger partial charge in [0, 0.05) is 29.2 Å². The van der Waals surface area contributed by atoms with Crippen molar-refractivity contribution in [3.63, 3.8) is 0 Å². The van der Waals surface area contributed by atoms with E-state index in [1.807, 2.05) is 30.3 Å². The molecule has 29 heavy (non-hydrogen) atoms. The summed E-state index contributed by atoms with van der Waals surface area (Å²) in [6.45, 7) is 0. The number of hydrogen-bond acceptors (Lipinski definition) is 5. The van der Waals surface area contributed by atoms with Crippen molar-refractivity contribution in [1.29, 1.82) is 5.26 Å². The maximum atomic E-state index is 13.0. The summed E-state index contributed by atoms with van der Waals surface area (Å²) in [5.74, 6) is 0.777. The zero-order chi connectivity index (χ0) is 20.2. The van der Waals surface area contributed by atoms with Crippen molar-refractivity contribution in [2.45, 2.75) is 12.5 Å². The average Bonchev–Trinajstić information content (AvgIpc) is 3.25. The highest BCUT2D eigenvalue weighted by Gasteiger charge is 2.34. The number of carbonyl (C=O) groups excluding carboxylic acids is 2. The lowest BCUT2D eigenvalue weighted by Crippen LogP contribution is -2.45. The molecule has 0 aliphatic carbocycles. The molecule has 2 heterocycles. The Bertz CT molecular complexity index is 1100. The Labute approximate surface area is 172 Å². The number of rotatable bonds is 4. The third kappa shape index (κ3) is 4.08. The molecule has 0 saturated carbocycles. The van der Waals surface area contributed by atoms with Crippen LogP contribution in [0.1, 0.15) is 11.1 Å². The Balaban J connectivity index is 1.47. The Morgan fingerprint density at radius 3 is 2.83 bits per heavy atom. The van der Waals surface area contributed by atoms with E-state index in [1.54, 1.807) is 53.3 Å². The second-order valence-corrected chi connectivity index (χ2v) is 7.75. The van der Waals surface area contributed by atoms with Gasteiger partial charge in [-0.2, -0.15) is 5.26 Å². The van der Waals surface area contributed by atoms with Crippen LogP contribution in [-0.2, 0) is 16.0 Å². The molecule has 0 spiro atoms. The van der Waals surface area contributed by atoms with Crippen LogP contribution < -0.4 is 5.32 Å². The average molecular weight is 402 g/mol. The molecule has 1 saturated heterocycles. The summed E-state index contributed by atoms with van der Waals surface area (Å²) in [6, 6.07) is 15.9. The van der Waals surface area contributed by atoms with Gasteiger partial charge in [0.05, 0.1) is 23.9 Å². The SMILES string of the molecule is N#Cc1ccc(NC(=O)C2CSCN2C(=O)Cc2cccc3cnccc23)cc1. The minimum Gasteiger partial charge on any atom is -0.324 e. The molecule has 6 nitrogen and oxygen atoms in total. The van der Waals surface area contributed by atoms with Crippen LogP contribution >= 0.6 is 11.8 Å². The first-order valence-corrected chi connectivity index (χ1v) is 10.3. The molecule has 0 bridgehead atoms. The number of nitriles is 1. The molecular weight excluding hydrogens is 384 g/mol. The number of benzene rings is 2. The third-order valence-electron chi connectivity index (χ3n) is 4.90. The first-order chi connectivity index (χ1) is 14.2. The number of fused-ring (bicyclic) bond motifs is 1. The highest BCUT2D eigenvalue weighted by molar-refractivity contribution is 7.99. The van der Waals surface area contributed by atoms with Gasteiger partial charge in [0.15, 0.2) is 0 Å². The molecule has 1 aliphatic heterocycles. The van der Waals surface area contributed by atoms with Crippen LogP contribution in [0.4, 0.5) is 5.69 Å². The molecule has 1 N–H and O–H groups in total. The van der Waals surface area contributed by atoms with Crippen molar-refractivity contribution in [2.75, 3.05) is 16.9 Å². The number of pyridine rings is 1. The van der Waals surface area contributed by atoms with Gasteiger partial charge in [-0.1, -0.05) is 18.2 Å². The smallest absolute Gasteiger partial charge is 0.248 e. The molecule has 144 valence electrons. The quantitative estimate of drug-likeness (QED) is 0.724. The van der Waals surface area contributed by atoms with Gasteiger partial charge in [-0.3, -0.25) is 14.6 Å². The first-order valence-electron chi connectivity index (χ1n) is 9.15. The molecule has 1 fully saturated rings. The van der Waals surface area contributed by atoms with Gasteiger partial charge in [0.2, 0.25) is 11.8 Å². The van der Waals surface area contributed by atoms with Crippen LogP contribution in [0.5, 0.6) is 0 Å². The van der Waals surface area contributed by atoms with Gasteiger partial charge in [-0.25, -0.2) is 0 Å². The van der Waals surface area contributed by atoms with Crippen LogP contribution in [-0.4, -0.2) is 39.4 Å². The minimum atomic E-state index is -0.514. The Morgan fingerprint density at radius 2 is 2.03 bits per heavy atom. The Morgan fingerprint density at radius 1 is 1.21 bits per heavy atom. The highest BCUT2D eigenvalue weighted by Crippen LogP contribution is 2.25. The normalized spacial score (nSPS) is 15.8. The van der Waals surface area contributed by atoms with E-state index in [-0.39, 0.29) is 18.2 Å². The monoisotopic (exact) mass is 402 g/mol. The first kappa shape index (κ1) is 19.0. The summed E-state index contributed by atoms with van der Waals surface area (Å²) in [4.78, 5) is 31.5. The van der Waals surface area contributed by atoms with Crippen LogP contribution in [0.3, 0.4) is 0 Å². The zero-order valence-electron chi connectivity index (χ0n) is 15.5. The number of nitrogens with one attached hydrogen (secondary N) is 1. The number of amides is 2. The molecule has 7 heteroatoms. The largest absolute Gasteiger partial charge is 0.324 e. The van der Waals surface area contributed by atoms with Crippen LogP contribution in [0, 0.1) is 11.3 Å². The molecule has 1 atom stereocenters. The van der Waals surface area contributed by atoms with E-state index in [4.69, 9.17) is 5.26 Å². The molecule has 1 aromatic heterocycles. The summed E-state index contributed by atoms with van der Waals surface area (Å²) < 4.78 is 0. The summed E-state index contributed by atoms with van der Waals surface area (Å²) in [7, 11) is 0. The zero-order valence-corrected chi connectivity index (χ0v) is 16.4. The maximum Gasteiger partial charge on any atom is 0.248 e. The molecular formula is C22H18N4O2S. The van der Waals surface area contributed by atoms with Crippen molar-refractivity contribution in [3.8, 4) is 6.07 Å². The predicted octanol–water partition coefficient (Wildman–Crippen LogP) is 3.19. The summed E-state index contributed by atoms with van der Waals surface area (Å²) in [6.07, 6.45) is 3.74. The van der Waals surface area contributed by atoms with E-state index in [0.29, 0.717) is 22.9 Å². The number of aromatic nitrogens is 1. The fraction of sp³-hybridized carbons (Fsp3) is 0.182. The number of hydrogen-bond donors (Lipinski definition) is 1. The molecule has 2 aromatic carbocycles. The van der Waals surface area contributed by atoms with Crippen LogP contribution in [0.15, 0.2) is 60.9 Å². The topological polar surface area (TPSA) is 86.1 Å². The lowest BCUT2D eigenvalue weighted by atomic mass is 10.0. The third-order valence-corrected chi connectivity index (χ3v) is 5.91. The second kappa shape index (κ2) is 8.33. The Kier molecular flexibility index (Phi) is 5.45. The Hall–Kier alpha value is -3.37. The highest BCUT2D eigenvalue weighted by atomic mass is 32.2. The summed E-state index contributed by atoms with van der Waals surface area (Å²) in [5, 5.41) is 13.7. The number of anilines is 1. The molecule has 3 aromatic rings. The van der Waals surface area contributed by atoms with Gasteiger partial charge >= 0.3 is 0 Å². The van der Waals surface area contributed by atoms with Crippen molar-refractivity contribution in [3.05, 3.63) is 72.1 Å². The molecule has 0 radical (unpaired) electrons. The number of carbonyl (C=O) groups is 2. The van der Waals surface area contributed by atoms with E-state index < -0.39 is 6.04 Å². The number of nitrogens with zero attached hydrogens (tertiary/aromatic N) is 3. The van der Waals surface area contributed by atoms with E-state index in [2.05, 4.69) is 10.3 Å². The lowest BCUT2D eigenvalue weighted by Gasteiger charge is -2.23. The van der Waals surface area contributed by atoms with E-state index >= 15 is 0 Å². The van der Waals surface area contributed by atoms with Gasteiger partial charge in [-0.05, 0) is 41.3 Å². The van der Waals surface area contributed by atoms with E-state index in [1.165, 1.54) is 0 Å². The van der Waals surface area contributed by atoms with E-state index in [0.717, 1.165) is 16.3 Å². The van der Waals surface area contributed by atoms with E-state index in [9.17, 15) is 9.59 Å². The fourth-order valence-electron chi connectivity index (χ4n) is 3.37. The minimum absolute atomic E-state index is 0.0701. The van der Waals surface area contributed by atoms with Crippen LogP contribution in [0.25, 0.3) is 10.8 Å². The lowest BCUT2D eigenvalue weighted by molar-refractivity contribution is -0.135. The van der Waals surface area contributed by atoms with Gasteiger partial charge in [-0.15, -0.1) is 11.8 Å². The summed E-state index contributed by atoms with van der Waals surface area (Å²) >= 11 is 1.57. The van der Waals surface area contributed by atoms with Gasteiger partial charge < -0.3 is 10.2 Å². The predicted molar refractivity (Wildman–Crippen MR) is 113 cm³/mol. The van der Waals surface area contributed by atoms with Gasteiger partial charge in [0.25, 0.3) is 0 Å². The van der Waals surface area contributed by atoms with Crippen molar-refractivity contribution < 1.29 is 9.59 Å². The second-order valence-electron chi connectivity index (χ2n) is 6.75. The molecule has 1 unspecified atom stereocenters. The summed E-state index contributed by atoms with van der Waals surface area (Å²) in [5.41, 5.74) is 2.07. The molecule has 4 rings (SSSR count).